The Balaban J connectivity index is 1.89. The third kappa shape index (κ3) is 2.13. The topological polar surface area (TPSA) is 36.5 Å². The molecule has 0 aliphatic carbocycles. The van der Waals surface area contributed by atoms with E-state index in [1.54, 1.807) is 0 Å². The summed E-state index contributed by atoms with van der Waals surface area (Å²) in [6.45, 7) is 1.62. The van der Waals surface area contributed by atoms with Crippen molar-refractivity contribution < 1.29 is 4.74 Å². The minimum Gasteiger partial charge on any atom is -0.376 e. The monoisotopic (exact) mass is 285 g/mol. The molecule has 0 bridgehead atoms. The molecule has 18 heavy (non-hydrogen) atoms. The first kappa shape index (κ1) is 12.0. The second-order valence-electron chi connectivity index (χ2n) is 4.31. The van der Waals surface area contributed by atoms with Gasteiger partial charge in [0.25, 0.3) is 0 Å². The molecule has 3 aliphatic heterocycles. The van der Waals surface area contributed by atoms with Crippen LogP contribution in [0.3, 0.4) is 0 Å². The lowest BCUT2D eigenvalue weighted by molar-refractivity contribution is -0.0601. The zero-order valence-electron chi connectivity index (χ0n) is 9.67. The van der Waals surface area contributed by atoms with Crippen molar-refractivity contribution in [2.75, 3.05) is 19.0 Å². The molecule has 0 aromatic rings. The van der Waals surface area contributed by atoms with Gasteiger partial charge in [0, 0.05) is 12.2 Å². The summed E-state index contributed by atoms with van der Waals surface area (Å²) in [5.74, 6) is 1.36. The van der Waals surface area contributed by atoms with Crippen LogP contribution in [0.15, 0.2) is 40.1 Å². The summed E-state index contributed by atoms with van der Waals surface area (Å²) in [5.41, 5.74) is 11.1. The number of hydrazine groups is 1. The van der Waals surface area contributed by atoms with Crippen molar-refractivity contribution in [2.24, 2.45) is 0 Å². The van der Waals surface area contributed by atoms with E-state index in [-0.39, 0.29) is 6.10 Å². The van der Waals surface area contributed by atoms with Gasteiger partial charge in [-0.25, -0.2) is 0 Å². The van der Waals surface area contributed by atoms with Gasteiger partial charge in [-0.05, 0) is 18.6 Å². The van der Waals surface area contributed by atoms with E-state index in [4.69, 9.17) is 27.9 Å². The molecule has 3 rings (SSSR count). The van der Waals surface area contributed by atoms with Crippen molar-refractivity contribution in [3.63, 3.8) is 0 Å². The lowest BCUT2D eigenvalue weighted by atomic mass is 10.1. The van der Waals surface area contributed by atoms with Gasteiger partial charge < -0.3 is 9.64 Å². The Bertz CT molecular complexity index is 488. The van der Waals surface area contributed by atoms with Crippen LogP contribution in [0.2, 0.25) is 0 Å². The Morgan fingerprint density at radius 3 is 3.00 bits per heavy atom. The third-order valence-corrected chi connectivity index (χ3v) is 3.61. The number of ether oxygens (including phenoxy) is 1. The van der Waals surface area contributed by atoms with Crippen molar-refractivity contribution in [2.45, 2.75) is 12.5 Å². The fraction of sp³-hybridized carbons (Fsp3) is 0.417. The van der Waals surface area contributed by atoms with E-state index in [0.29, 0.717) is 11.0 Å². The summed E-state index contributed by atoms with van der Waals surface area (Å²) < 4.78 is 5.48. The van der Waals surface area contributed by atoms with Gasteiger partial charge in [-0.15, -0.1) is 11.6 Å². The molecule has 0 radical (unpaired) electrons. The number of halogens is 2. The molecule has 0 spiro atoms. The summed E-state index contributed by atoms with van der Waals surface area (Å²) in [4.78, 5) is 2.10. The first-order valence-electron chi connectivity index (χ1n) is 5.82. The number of alkyl halides is 1. The number of rotatable bonds is 3. The van der Waals surface area contributed by atoms with Crippen molar-refractivity contribution in [1.29, 1.82) is 0 Å². The predicted octanol–water partition coefficient (Wildman–Crippen LogP) is 1.77. The molecular weight excluding hydrogens is 273 g/mol. The molecule has 96 valence electrons. The van der Waals surface area contributed by atoms with E-state index in [1.807, 2.05) is 12.2 Å². The van der Waals surface area contributed by atoms with Gasteiger partial charge in [0.15, 0.2) is 0 Å². The lowest BCUT2D eigenvalue weighted by Crippen LogP contribution is -2.47. The Hall–Kier alpha value is -1.06. The van der Waals surface area contributed by atoms with Crippen LogP contribution in [0.1, 0.15) is 6.42 Å². The Labute approximate surface area is 116 Å². The molecule has 4 nitrogen and oxygen atoms in total. The van der Waals surface area contributed by atoms with Crippen LogP contribution >= 0.6 is 23.2 Å². The van der Waals surface area contributed by atoms with E-state index in [1.165, 1.54) is 0 Å². The highest BCUT2D eigenvalue weighted by molar-refractivity contribution is 6.29. The molecule has 1 fully saturated rings. The van der Waals surface area contributed by atoms with Crippen molar-refractivity contribution in [1.82, 2.24) is 15.8 Å². The highest BCUT2D eigenvalue weighted by atomic mass is 35.5. The van der Waals surface area contributed by atoms with Crippen molar-refractivity contribution in [3.05, 3.63) is 40.1 Å². The highest BCUT2D eigenvalue weighted by Gasteiger charge is 2.28. The van der Waals surface area contributed by atoms with E-state index < -0.39 is 0 Å². The molecule has 0 aromatic carbocycles. The van der Waals surface area contributed by atoms with E-state index in [9.17, 15) is 0 Å². The third-order valence-electron chi connectivity index (χ3n) is 3.15. The largest absolute Gasteiger partial charge is 0.376 e. The van der Waals surface area contributed by atoms with Gasteiger partial charge in [-0.1, -0.05) is 17.3 Å². The summed E-state index contributed by atoms with van der Waals surface area (Å²) in [7, 11) is 0. The highest BCUT2D eigenvalue weighted by Crippen LogP contribution is 2.26. The Morgan fingerprint density at radius 1 is 1.50 bits per heavy atom. The molecule has 3 heterocycles. The minimum atomic E-state index is 0.264. The molecular formula is C12H13Cl2N3O. The van der Waals surface area contributed by atoms with Crippen LogP contribution in [-0.2, 0) is 4.74 Å². The number of allylic oxidation sites excluding steroid dienone is 3. The smallest absolute Gasteiger partial charge is 0.133 e. The molecule has 0 saturated carbocycles. The first-order chi connectivity index (χ1) is 8.78. The predicted molar refractivity (Wildman–Crippen MR) is 70.6 cm³/mol. The first-order valence-corrected chi connectivity index (χ1v) is 6.73. The summed E-state index contributed by atoms with van der Waals surface area (Å²) >= 11 is 11.9. The van der Waals surface area contributed by atoms with Crippen LogP contribution in [0.4, 0.5) is 0 Å². The molecule has 0 aromatic heterocycles. The van der Waals surface area contributed by atoms with Gasteiger partial charge >= 0.3 is 0 Å². The molecule has 0 amide bonds. The summed E-state index contributed by atoms with van der Waals surface area (Å²) in [5, 5.41) is 0.556. The van der Waals surface area contributed by atoms with Gasteiger partial charge in [0.05, 0.1) is 24.2 Å². The maximum Gasteiger partial charge on any atom is 0.133 e. The number of nitrogens with one attached hydrogen (secondary N) is 2. The van der Waals surface area contributed by atoms with Crippen LogP contribution < -0.4 is 10.9 Å². The average Bonchev–Trinajstić information content (AvgIpc) is 2.33. The fourth-order valence-corrected chi connectivity index (χ4v) is 2.47. The van der Waals surface area contributed by atoms with E-state index in [2.05, 4.69) is 21.5 Å². The van der Waals surface area contributed by atoms with Crippen LogP contribution in [0.25, 0.3) is 0 Å². The standard InChI is InChI=1S/C12H13Cl2N3O/c13-6-9-2-1-8-5-11(14)15-16-12(8)17(9)7-10-3-4-18-10/h1,5,10,15-16H,3-4,6-7H2/t10-/m0/s1. The van der Waals surface area contributed by atoms with Crippen LogP contribution in [0.5, 0.6) is 0 Å². The number of hydrogen-bond donors (Lipinski definition) is 2. The fourth-order valence-electron chi connectivity index (χ4n) is 2.08. The molecule has 3 aliphatic rings. The summed E-state index contributed by atoms with van der Waals surface area (Å²) in [6.07, 6.45) is 5.10. The molecule has 1 atom stereocenters. The molecule has 6 heteroatoms. The quantitative estimate of drug-likeness (QED) is 0.471. The maximum atomic E-state index is 5.97. The van der Waals surface area contributed by atoms with Gasteiger partial charge in [-0.3, -0.25) is 10.9 Å². The van der Waals surface area contributed by atoms with Gasteiger partial charge in [0.1, 0.15) is 11.0 Å². The Kier molecular flexibility index (Phi) is 3.27. The van der Waals surface area contributed by atoms with Gasteiger partial charge in [0.2, 0.25) is 0 Å². The maximum absolute atomic E-state index is 5.97. The van der Waals surface area contributed by atoms with Crippen molar-refractivity contribution >= 4 is 23.2 Å². The molecule has 2 N–H and O–H groups in total. The number of hydrogen-bond acceptors (Lipinski definition) is 4. The SMILES string of the molecule is ClCC1=C=CC2=C(NNC(Cl)=C2)N1C[C@@H]1CCO1. The average molecular weight is 286 g/mol. The van der Waals surface area contributed by atoms with Crippen molar-refractivity contribution in [3.8, 4) is 0 Å². The van der Waals surface area contributed by atoms with E-state index in [0.717, 1.165) is 36.7 Å². The number of nitrogens with zero attached hydrogens (tertiary/aromatic N) is 1. The lowest BCUT2D eigenvalue weighted by Gasteiger charge is -2.38. The Morgan fingerprint density at radius 2 is 2.33 bits per heavy atom. The minimum absolute atomic E-state index is 0.264. The zero-order valence-corrected chi connectivity index (χ0v) is 11.2. The molecule has 1 saturated heterocycles. The summed E-state index contributed by atoms with van der Waals surface area (Å²) in [6, 6.07) is 0. The normalized spacial score (nSPS) is 25.7. The zero-order chi connectivity index (χ0) is 12.5. The molecule has 0 unspecified atom stereocenters. The van der Waals surface area contributed by atoms with Gasteiger partial charge in [-0.2, -0.15) is 0 Å². The second-order valence-corrected chi connectivity index (χ2v) is 4.98. The van der Waals surface area contributed by atoms with Crippen LogP contribution in [0, 0.1) is 0 Å². The van der Waals surface area contributed by atoms with Crippen LogP contribution in [-0.4, -0.2) is 30.0 Å². The van der Waals surface area contributed by atoms with E-state index >= 15 is 0 Å². The second kappa shape index (κ2) is 4.90.